The number of sulfonamides is 1. The second kappa shape index (κ2) is 11.1. The Labute approximate surface area is 211 Å². The van der Waals surface area contributed by atoms with Crippen LogP contribution in [0.4, 0.5) is 0 Å². The molecule has 0 atom stereocenters. The van der Waals surface area contributed by atoms with E-state index in [-0.39, 0.29) is 16.3 Å². The third kappa shape index (κ3) is 5.03. The van der Waals surface area contributed by atoms with Crippen molar-refractivity contribution in [2.75, 3.05) is 53.0 Å². The van der Waals surface area contributed by atoms with Crippen molar-refractivity contribution in [2.45, 2.75) is 38.6 Å². The third-order valence-electron chi connectivity index (χ3n) is 6.51. The molecule has 0 radical (unpaired) electrons. The van der Waals surface area contributed by atoms with Crippen LogP contribution in [0.5, 0.6) is 5.88 Å². The van der Waals surface area contributed by atoms with Gasteiger partial charge in [0.05, 0.1) is 37.2 Å². The first-order chi connectivity index (χ1) is 17.3. The minimum Gasteiger partial charge on any atom is -0.477 e. The average Bonchev–Trinajstić information content (AvgIpc) is 3.25. The molecule has 36 heavy (non-hydrogen) atoms. The van der Waals surface area contributed by atoms with Crippen molar-refractivity contribution in [3.8, 4) is 17.1 Å². The lowest BCUT2D eigenvalue weighted by Gasteiger charge is -2.33. The van der Waals surface area contributed by atoms with Crippen molar-refractivity contribution in [3.63, 3.8) is 0 Å². The summed E-state index contributed by atoms with van der Waals surface area (Å²) in [6.45, 7) is 10.3. The van der Waals surface area contributed by atoms with E-state index in [4.69, 9.17) is 9.47 Å². The Hall–Kier alpha value is -2.80. The Kier molecular flexibility index (Phi) is 8.08. The number of likely N-dealkylation sites (N-methyl/N-ethyl adjacent to an activating group) is 1. The monoisotopic (exact) mass is 518 g/mol. The molecular formula is C24H34N6O5S. The van der Waals surface area contributed by atoms with Crippen molar-refractivity contribution in [1.29, 1.82) is 0 Å². The van der Waals surface area contributed by atoms with Crippen molar-refractivity contribution >= 4 is 20.9 Å². The molecule has 3 aromatic rings. The lowest BCUT2D eigenvalue weighted by atomic mass is 10.1. The Morgan fingerprint density at radius 2 is 1.86 bits per heavy atom. The molecule has 3 aromatic heterocycles. The van der Waals surface area contributed by atoms with Gasteiger partial charge in [-0.1, -0.05) is 13.8 Å². The molecule has 0 spiro atoms. The molecule has 1 saturated heterocycles. The number of hydrogen-bond acceptors (Lipinski definition) is 8. The molecular weight excluding hydrogens is 484 g/mol. The number of nitrogens with one attached hydrogen (secondary N) is 1. The molecule has 1 aliphatic rings. The second-order valence-corrected chi connectivity index (χ2v) is 10.5. The Bertz CT molecular complexity index is 1380. The van der Waals surface area contributed by atoms with Crippen LogP contribution in [0.15, 0.2) is 28.0 Å². The van der Waals surface area contributed by atoms with Gasteiger partial charge in [0.2, 0.25) is 15.9 Å². The molecule has 12 heteroatoms. The fraction of sp³-hybridized carbons (Fsp3) is 0.542. The maximum atomic E-state index is 13.4. The Balaban J connectivity index is 1.80. The first-order valence-electron chi connectivity index (χ1n) is 12.3. The summed E-state index contributed by atoms with van der Waals surface area (Å²) in [5, 5.41) is 5.19. The van der Waals surface area contributed by atoms with E-state index in [2.05, 4.69) is 26.9 Å². The zero-order chi connectivity index (χ0) is 25.9. The fourth-order valence-corrected chi connectivity index (χ4v) is 5.92. The highest BCUT2D eigenvalue weighted by molar-refractivity contribution is 7.89. The van der Waals surface area contributed by atoms with Crippen LogP contribution in [0.3, 0.4) is 0 Å². The lowest BCUT2D eigenvalue weighted by molar-refractivity contribution is 0.183. The molecule has 0 bridgehead atoms. The highest BCUT2D eigenvalue weighted by atomic mass is 32.2. The molecule has 4 rings (SSSR count). The summed E-state index contributed by atoms with van der Waals surface area (Å²) >= 11 is 0. The van der Waals surface area contributed by atoms with Crippen LogP contribution in [0.1, 0.15) is 26.5 Å². The molecule has 0 saturated carbocycles. The number of ether oxygens (including phenoxy) is 2. The van der Waals surface area contributed by atoms with Crippen LogP contribution >= 0.6 is 0 Å². The molecule has 11 nitrogen and oxygen atoms in total. The van der Waals surface area contributed by atoms with Crippen LogP contribution in [-0.2, 0) is 27.7 Å². The zero-order valence-corrected chi connectivity index (χ0v) is 22.1. The molecule has 4 heterocycles. The van der Waals surface area contributed by atoms with Gasteiger partial charge in [-0.3, -0.25) is 9.48 Å². The number of pyridine rings is 2. The molecule has 0 aliphatic carbocycles. The largest absolute Gasteiger partial charge is 0.477 e. The number of aromatic amines is 1. The smallest absolute Gasteiger partial charge is 0.276 e. The van der Waals surface area contributed by atoms with Crippen LogP contribution in [-0.4, -0.2) is 90.4 Å². The summed E-state index contributed by atoms with van der Waals surface area (Å²) in [7, 11) is -2.14. The summed E-state index contributed by atoms with van der Waals surface area (Å²) in [6.07, 6.45) is 1.99. The number of aryl methyl sites for hydroxylation is 1. The van der Waals surface area contributed by atoms with Gasteiger partial charge in [-0.15, -0.1) is 0 Å². The predicted octanol–water partition coefficient (Wildman–Crippen LogP) is 1.72. The molecule has 196 valence electrons. The number of hydrogen-bond donors (Lipinski definition) is 1. The van der Waals surface area contributed by atoms with Crippen molar-refractivity contribution in [2.24, 2.45) is 0 Å². The number of aromatic nitrogens is 4. The molecule has 0 amide bonds. The number of fused-ring (bicyclic) bond motifs is 1. The number of rotatable bonds is 10. The number of methoxy groups -OCH3 is 1. The standard InChI is InChI=1S/C24H34N6O5S/c1-5-21-19-15-20(26-23(31)22(19)27-30(21)12-13-34-4)18-14-17(16-25-24(18)35-7-3)36(32,33)29-10-8-28(6-2)9-11-29/h14-16H,5-13H2,1-4H3,(H,26,31). The van der Waals surface area contributed by atoms with E-state index in [0.717, 1.165) is 12.2 Å². The lowest BCUT2D eigenvalue weighted by Crippen LogP contribution is -2.48. The first kappa shape index (κ1) is 26.3. The molecule has 1 fully saturated rings. The topological polar surface area (TPSA) is 123 Å². The van der Waals surface area contributed by atoms with E-state index in [9.17, 15) is 13.2 Å². The molecule has 1 N–H and O–H groups in total. The van der Waals surface area contributed by atoms with Gasteiger partial charge in [0.1, 0.15) is 4.90 Å². The average molecular weight is 519 g/mol. The van der Waals surface area contributed by atoms with Crippen molar-refractivity contribution in [1.82, 2.24) is 29.0 Å². The van der Waals surface area contributed by atoms with E-state index >= 15 is 0 Å². The SMILES string of the molecule is CCOc1ncc(S(=O)(=O)N2CCN(CC)CC2)cc1-c1cc2c(CC)n(CCOC)nc2c(=O)[nH]1. The minimum absolute atomic E-state index is 0.0679. The van der Waals surface area contributed by atoms with Gasteiger partial charge in [-0.2, -0.15) is 9.40 Å². The quantitative estimate of drug-likeness (QED) is 0.431. The zero-order valence-electron chi connectivity index (χ0n) is 21.3. The summed E-state index contributed by atoms with van der Waals surface area (Å²) in [6, 6.07) is 3.36. The summed E-state index contributed by atoms with van der Waals surface area (Å²) in [5.41, 5.74) is 1.71. The second-order valence-electron chi connectivity index (χ2n) is 8.59. The van der Waals surface area contributed by atoms with Gasteiger partial charge in [0.15, 0.2) is 5.52 Å². The van der Waals surface area contributed by atoms with E-state index < -0.39 is 10.0 Å². The van der Waals surface area contributed by atoms with Gasteiger partial charge in [0, 0.05) is 44.4 Å². The van der Waals surface area contributed by atoms with Gasteiger partial charge in [0.25, 0.3) is 5.56 Å². The number of nitrogens with zero attached hydrogens (tertiary/aromatic N) is 5. The maximum Gasteiger partial charge on any atom is 0.276 e. The predicted molar refractivity (Wildman–Crippen MR) is 137 cm³/mol. The molecule has 1 aliphatic heterocycles. The van der Waals surface area contributed by atoms with Crippen molar-refractivity contribution < 1.29 is 17.9 Å². The number of H-pyrrole nitrogens is 1. The van der Waals surface area contributed by atoms with E-state index in [1.54, 1.807) is 11.8 Å². The van der Waals surface area contributed by atoms with Gasteiger partial charge < -0.3 is 19.4 Å². The van der Waals surface area contributed by atoms with Gasteiger partial charge in [-0.05, 0) is 32.0 Å². The third-order valence-corrected chi connectivity index (χ3v) is 8.37. The Morgan fingerprint density at radius 3 is 2.50 bits per heavy atom. The van der Waals surface area contributed by atoms with E-state index in [1.165, 1.54) is 16.6 Å². The first-order valence-corrected chi connectivity index (χ1v) is 13.7. The Morgan fingerprint density at radius 1 is 1.11 bits per heavy atom. The van der Waals surface area contributed by atoms with Crippen LogP contribution in [0, 0.1) is 0 Å². The summed E-state index contributed by atoms with van der Waals surface area (Å²) in [5.74, 6) is 0.257. The maximum absolute atomic E-state index is 13.4. The van der Waals surface area contributed by atoms with Gasteiger partial charge >= 0.3 is 0 Å². The summed E-state index contributed by atoms with van der Waals surface area (Å²) < 4.78 is 41.1. The molecule has 0 unspecified atom stereocenters. The minimum atomic E-state index is -3.76. The van der Waals surface area contributed by atoms with Crippen LogP contribution in [0.2, 0.25) is 0 Å². The normalized spacial score (nSPS) is 15.6. The number of piperazine rings is 1. The highest BCUT2D eigenvalue weighted by Crippen LogP contribution is 2.32. The fourth-order valence-electron chi connectivity index (χ4n) is 4.53. The van der Waals surface area contributed by atoms with Crippen molar-refractivity contribution in [3.05, 3.63) is 34.4 Å². The van der Waals surface area contributed by atoms with Crippen LogP contribution in [0.25, 0.3) is 22.2 Å². The highest BCUT2D eigenvalue weighted by Gasteiger charge is 2.29. The summed E-state index contributed by atoms with van der Waals surface area (Å²) in [4.78, 5) is 22.5. The van der Waals surface area contributed by atoms with E-state index in [1.807, 2.05) is 19.9 Å². The van der Waals surface area contributed by atoms with Gasteiger partial charge in [-0.25, -0.2) is 13.4 Å². The van der Waals surface area contributed by atoms with Crippen LogP contribution < -0.4 is 10.3 Å². The van der Waals surface area contributed by atoms with E-state index in [0.29, 0.717) is 74.5 Å². The molecule has 0 aromatic carbocycles.